The number of carboxylic acid groups (broad SMARTS) is 1. The minimum atomic E-state index is -0.887. The molecule has 1 aromatic rings. The molecule has 6 heteroatoms. The van der Waals surface area contributed by atoms with Crippen LogP contribution in [0.2, 0.25) is 0 Å². The van der Waals surface area contributed by atoms with Gasteiger partial charge in [-0.1, -0.05) is 12.1 Å². The summed E-state index contributed by atoms with van der Waals surface area (Å²) < 4.78 is 12.7. The van der Waals surface area contributed by atoms with Crippen molar-refractivity contribution in [3.05, 3.63) is 35.6 Å². The first kappa shape index (κ1) is 16.9. The minimum Gasteiger partial charge on any atom is -0.481 e. The molecule has 0 aliphatic carbocycles. The summed E-state index contributed by atoms with van der Waals surface area (Å²) in [5, 5.41) is 14.1. The SMILES string of the molecule is CC(C)(CCC(=O)O)NC(=O)NCCc1ccc(F)cc1. The number of carbonyl (C=O) groups excluding carboxylic acids is 1. The number of amides is 2. The molecule has 0 saturated heterocycles. The second-order valence-electron chi connectivity index (χ2n) is 5.53. The highest BCUT2D eigenvalue weighted by Crippen LogP contribution is 2.10. The van der Waals surface area contributed by atoms with Gasteiger partial charge in [-0.25, -0.2) is 9.18 Å². The molecule has 1 rings (SSSR count). The van der Waals surface area contributed by atoms with Gasteiger partial charge < -0.3 is 15.7 Å². The van der Waals surface area contributed by atoms with Gasteiger partial charge in [0.05, 0.1) is 0 Å². The van der Waals surface area contributed by atoms with Gasteiger partial charge in [0.25, 0.3) is 0 Å². The molecule has 0 spiro atoms. The van der Waals surface area contributed by atoms with Crippen molar-refractivity contribution in [2.45, 2.75) is 38.6 Å². The average Bonchev–Trinajstić information content (AvgIpc) is 2.38. The van der Waals surface area contributed by atoms with Gasteiger partial charge in [0.2, 0.25) is 0 Å². The van der Waals surface area contributed by atoms with Crippen molar-refractivity contribution in [1.82, 2.24) is 10.6 Å². The van der Waals surface area contributed by atoms with Crippen molar-refractivity contribution in [3.63, 3.8) is 0 Å². The van der Waals surface area contributed by atoms with Crippen molar-refractivity contribution in [3.8, 4) is 0 Å². The van der Waals surface area contributed by atoms with Crippen LogP contribution in [0.5, 0.6) is 0 Å². The molecule has 116 valence electrons. The zero-order valence-corrected chi connectivity index (χ0v) is 12.3. The molecular weight excluding hydrogens is 275 g/mol. The van der Waals surface area contributed by atoms with Crippen molar-refractivity contribution >= 4 is 12.0 Å². The molecule has 0 fully saturated rings. The molecule has 0 unspecified atom stereocenters. The molecule has 1 aromatic carbocycles. The van der Waals surface area contributed by atoms with E-state index < -0.39 is 11.5 Å². The van der Waals surface area contributed by atoms with E-state index >= 15 is 0 Å². The summed E-state index contributed by atoms with van der Waals surface area (Å²) in [5.74, 6) is -1.17. The van der Waals surface area contributed by atoms with Gasteiger partial charge in [-0.2, -0.15) is 0 Å². The van der Waals surface area contributed by atoms with E-state index in [9.17, 15) is 14.0 Å². The van der Waals surface area contributed by atoms with Crippen molar-refractivity contribution in [1.29, 1.82) is 0 Å². The van der Waals surface area contributed by atoms with Gasteiger partial charge in [0.15, 0.2) is 0 Å². The Kier molecular flexibility index (Phi) is 6.14. The van der Waals surface area contributed by atoms with Crippen LogP contribution in [-0.2, 0) is 11.2 Å². The van der Waals surface area contributed by atoms with Crippen LogP contribution in [0.1, 0.15) is 32.3 Å². The molecule has 0 aromatic heterocycles. The summed E-state index contributed by atoms with van der Waals surface area (Å²) >= 11 is 0. The minimum absolute atomic E-state index is 0.00284. The molecular formula is C15H21FN2O3. The summed E-state index contributed by atoms with van der Waals surface area (Å²) in [4.78, 5) is 22.2. The Hall–Kier alpha value is -2.11. The predicted octanol–water partition coefficient (Wildman–Crippen LogP) is 2.31. The van der Waals surface area contributed by atoms with E-state index in [0.29, 0.717) is 19.4 Å². The lowest BCUT2D eigenvalue weighted by Gasteiger charge is -2.25. The van der Waals surface area contributed by atoms with Crippen molar-refractivity contribution < 1.29 is 19.1 Å². The lowest BCUT2D eigenvalue weighted by Crippen LogP contribution is -2.48. The number of benzene rings is 1. The number of rotatable bonds is 7. The second-order valence-corrected chi connectivity index (χ2v) is 5.53. The first-order valence-electron chi connectivity index (χ1n) is 6.81. The smallest absolute Gasteiger partial charge is 0.315 e. The molecule has 0 bridgehead atoms. The summed E-state index contributed by atoms with van der Waals surface area (Å²) in [6.07, 6.45) is 0.958. The number of carboxylic acids is 1. The third kappa shape index (κ3) is 7.29. The Morgan fingerprint density at radius 3 is 2.43 bits per heavy atom. The van der Waals surface area contributed by atoms with Crippen LogP contribution in [0.25, 0.3) is 0 Å². The Bertz CT molecular complexity index is 486. The van der Waals surface area contributed by atoms with Crippen LogP contribution in [0.15, 0.2) is 24.3 Å². The number of hydrogen-bond acceptors (Lipinski definition) is 2. The summed E-state index contributed by atoms with van der Waals surface area (Å²) in [5.41, 5.74) is 0.347. The standard InChI is InChI=1S/C15H21FN2O3/c1-15(2,9-7-13(19)20)18-14(21)17-10-8-11-3-5-12(16)6-4-11/h3-6H,7-10H2,1-2H3,(H,19,20)(H2,17,18,21). The van der Waals surface area contributed by atoms with Crippen LogP contribution >= 0.6 is 0 Å². The second kappa shape index (κ2) is 7.61. The monoisotopic (exact) mass is 296 g/mol. The fourth-order valence-corrected chi connectivity index (χ4v) is 1.80. The zero-order chi connectivity index (χ0) is 15.9. The molecule has 0 saturated carbocycles. The van der Waals surface area contributed by atoms with Gasteiger partial charge in [-0.15, -0.1) is 0 Å². The van der Waals surface area contributed by atoms with Gasteiger partial charge >= 0.3 is 12.0 Å². The van der Waals surface area contributed by atoms with Gasteiger partial charge in [-0.05, 0) is 44.4 Å². The normalized spacial score (nSPS) is 11.0. The maximum absolute atomic E-state index is 12.7. The lowest BCUT2D eigenvalue weighted by molar-refractivity contribution is -0.137. The largest absolute Gasteiger partial charge is 0.481 e. The topological polar surface area (TPSA) is 78.4 Å². The molecule has 0 aliphatic rings. The fraction of sp³-hybridized carbons (Fsp3) is 0.467. The quantitative estimate of drug-likeness (QED) is 0.722. The van der Waals surface area contributed by atoms with E-state index in [4.69, 9.17) is 5.11 Å². The van der Waals surface area contributed by atoms with Crippen LogP contribution in [0.3, 0.4) is 0 Å². The first-order chi connectivity index (χ1) is 9.78. The van der Waals surface area contributed by atoms with Gasteiger partial charge in [0, 0.05) is 18.5 Å². The highest BCUT2D eigenvalue weighted by molar-refractivity contribution is 5.74. The molecule has 21 heavy (non-hydrogen) atoms. The average molecular weight is 296 g/mol. The fourth-order valence-electron chi connectivity index (χ4n) is 1.80. The van der Waals surface area contributed by atoms with Gasteiger partial charge in [-0.3, -0.25) is 4.79 Å². The van der Waals surface area contributed by atoms with Crippen LogP contribution in [0.4, 0.5) is 9.18 Å². The highest BCUT2D eigenvalue weighted by Gasteiger charge is 2.21. The summed E-state index contributed by atoms with van der Waals surface area (Å²) in [6, 6.07) is 5.76. The number of carbonyl (C=O) groups is 2. The molecule has 2 amide bonds. The van der Waals surface area contributed by atoms with E-state index in [0.717, 1.165) is 5.56 Å². The van der Waals surface area contributed by atoms with Crippen molar-refractivity contribution in [2.75, 3.05) is 6.54 Å². The Balaban J connectivity index is 2.30. The number of nitrogens with one attached hydrogen (secondary N) is 2. The van der Waals surface area contributed by atoms with E-state index in [1.165, 1.54) is 12.1 Å². The highest BCUT2D eigenvalue weighted by atomic mass is 19.1. The number of hydrogen-bond donors (Lipinski definition) is 3. The number of urea groups is 1. The molecule has 3 N–H and O–H groups in total. The Morgan fingerprint density at radius 2 is 1.86 bits per heavy atom. The summed E-state index contributed by atoms with van der Waals surface area (Å²) in [7, 11) is 0. The third-order valence-corrected chi connectivity index (χ3v) is 3.03. The van der Waals surface area contributed by atoms with E-state index in [2.05, 4.69) is 10.6 Å². The molecule has 0 heterocycles. The maximum Gasteiger partial charge on any atom is 0.315 e. The zero-order valence-electron chi connectivity index (χ0n) is 12.3. The van der Waals surface area contributed by atoms with Crippen LogP contribution < -0.4 is 10.6 Å². The first-order valence-corrected chi connectivity index (χ1v) is 6.81. The molecule has 0 radical (unpaired) electrons. The van der Waals surface area contributed by atoms with E-state index in [-0.39, 0.29) is 18.3 Å². The maximum atomic E-state index is 12.7. The van der Waals surface area contributed by atoms with Gasteiger partial charge in [0.1, 0.15) is 5.82 Å². The third-order valence-electron chi connectivity index (χ3n) is 3.03. The Labute approximate surface area is 123 Å². The van der Waals surface area contributed by atoms with Crippen LogP contribution in [0, 0.1) is 5.82 Å². The Morgan fingerprint density at radius 1 is 1.24 bits per heavy atom. The van der Waals surface area contributed by atoms with E-state index in [1.54, 1.807) is 26.0 Å². The number of aliphatic carboxylic acids is 1. The van der Waals surface area contributed by atoms with E-state index in [1.807, 2.05) is 0 Å². The molecule has 5 nitrogen and oxygen atoms in total. The lowest BCUT2D eigenvalue weighted by atomic mass is 9.99. The number of halogens is 1. The van der Waals surface area contributed by atoms with Crippen molar-refractivity contribution in [2.24, 2.45) is 0 Å². The van der Waals surface area contributed by atoms with Crippen LogP contribution in [-0.4, -0.2) is 29.2 Å². The molecule has 0 aliphatic heterocycles. The summed E-state index contributed by atoms with van der Waals surface area (Å²) in [6.45, 7) is 3.97. The molecule has 0 atom stereocenters. The predicted molar refractivity (Wildman–Crippen MR) is 77.6 cm³/mol.